The van der Waals surface area contributed by atoms with Crippen LogP contribution in [0.2, 0.25) is 5.02 Å². The maximum Gasteiger partial charge on any atom is 0.269 e. The maximum absolute atomic E-state index is 14.2. The quantitative estimate of drug-likeness (QED) is 0.297. The Morgan fingerprint density at radius 1 is 0.966 bits per heavy atom. The second-order valence-electron chi connectivity index (χ2n) is 6.49. The van der Waals surface area contributed by atoms with Crippen molar-refractivity contribution in [3.63, 3.8) is 0 Å². The fraction of sp³-hybridized carbons (Fsp3) is 0.143. The van der Waals surface area contributed by atoms with Crippen molar-refractivity contribution in [3.05, 3.63) is 110 Å². The molecule has 150 valence electrons. The number of halogens is 4. The largest absolute Gasteiger partial charge is 0.299 e. The van der Waals surface area contributed by atoms with Gasteiger partial charge in [-0.1, -0.05) is 41.9 Å². The average Bonchev–Trinajstić information content (AvgIpc) is 2.71. The predicted octanol–water partition coefficient (Wildman–Crippen LogP) is 6.11. The first-order valence-corrected chi connectivity index (χ1v) is 9.05. The molecule has 0 heterocycles. The molecule has 0 radical (unpaired) electrons. The number of nitrogens with zero attached hydrogens (tertiary/aromatic N) is 1. The molecule has 1 N–H and O–H groups in total. The van der Waals surface area contributed by atoms with E-state index in [0.717, 1.165) is 12.1 Å². The lowest BCUT2D eigenvalue weighted by molar-refractivity contribution is -0.384. The summed E-state index contributed by atoms with van der Waals surface area (Å²) >= 11 is 5.95. The van der Waals surface area contributed by atoms with Gasteiger partial charge in [0.05, 0.1) is 11.0 Å². The number of hydrogen-bond acceptors (Lipinski definition) is 3. The highest BCUT2D eigenvalue weighted by atomic mass is 35.5. The van der Waals surface area contributed by atoms with Crippen molar-refractivity contribution in [2.45, 2.75) is 19.0 Å². The van der Waals surface area contributed by atoms with Crippen molar-refractivity contribution in [2.75, 3.05) is 0 Å². The van der Waals surface area contributed by atoms with Crippen molar-refractivity contribution in [1.29, 1.82) is 0 Å². The third-order valence-corrected chi connectivity index (χ3v) is 4.82. The van der Waals surface area contributed by atoms with Gasteiger partial charge in [0.15, 0.2) is 17.5 Å². The third-order valence-electron chi connectivity index (χ3n) is 4.57. The first-order chi connectivity index (χ1) is 13.8. The van der Waals surface area contributed by atoms with Crippen LogP contribution < -0.4 is 5.32 Å². The Morgan fingerprint density at radius 2 is 1.66 bits per heavy atom. The van der Waals surface area contributed by atoms with E-state index in [4.69, 9.17) is 11.6 Å². The van der Waals surface area contributed by atoms with Crippen molar-refractivity contribution in [2.24, 2.45) is 0 Å². The second kappa shape index (κ2) is 8.63. The molecule has 0 aromatic heterocycles. The molecule has 0 saturated carbocycles. The van der Waals surface area contributed by atoms with Crippen molar-refractivity contribution >= 4 is 17.3 Å². The Hall–Kier alpha value is -2.90. The molecule has 0 aliphatic rings. The number of rotatable bonds is 6. The molecule has 0 aliphatic carbocycles. The zero-order valence-corrected chi connectivity index (χ0v) is 16.0. The fourth-order valence-corrected chi connectivity index (χ4v) is 3.20. The molecule has 3 rings (SSSR count). The molecular weight excluding hydrogens is 405 g/mol. The van der Waals surface area contributed by atoms with E-state index in [9.17, 15) is 23.3 Å². The smallest absolute Gasteiger partial charge is 0.269 e. The number of non-ortho nitro benzene ring substituents is 1. The molecule has 2 atom stereocenters. The first kappa shape index (κ1) is 20.8. The Morgan fingerprint density at radius 3 is 2.31 bits per heavy atom. The highest BCUT2D eigenvalue weighted by Crippen LogP contribution is 2.30. The summed E-state index contributed by atoms with van der Waals surface area (Å²) in [6.45, 7) is 1.59. The van der Waals surface area contributed by atoms with Crippen LogP contribution in [0.3, 0.4) is 0 Å². The average molecular weight is 421 g/mol. The van der Waals surface area contributed by atoms with E-state index >= 15 is 0 Å². The van der Waals surface area contributed by atoms with Crippen LogP contribution in [0.4, 0.5) is 18.9 Å². The summed E-state index contributed by atoms with van der Waals surface area (Å²) in [4.78, 5) is 10.6. The summed E-state index contributed by atoms with van der Waals surface area (Å²) in [5.74, 6) is -4.10. The van der Waals surface area contributed by atoms with Gasteiger partial charge in [0, 0.05) is 28.8 Å². The monoisotopic (exact) mass is 420 g/mol. The minimum atomic E-state index is -1.55. The minimum Gasteiger partial charge on any atom is -0.299 e. The normalized spacial score (nSPS) is 13.1. The Labute approximate surface area is 170 Å². The number of nitrogens with one attached hydrogen (secondary N) is 1. The second-order valence-corrected chi connectivity index (χ2v) is 6.93. The van der Waals surface area contributed by atoms with Crippen LogP contribution in [0.5, 0.6) is 0 Å². The molecule has 0 aliphatic heterocycles. The van der Waals surface area contributed by atoms with E-state index in [1.165, 1.54) is 12.1 Å². The third kappa shape index (κ3) is 4.58. The lowest BCUT2D eigenvalue weighted by Gasteiger charge is -2.25. The predicted molar refractivity (Wildman–Crippen MR) is 104 cm³/mol. The molecule has 0 saturated heterocycles. The van der Waals surface area contributed by atoms with E-state index in [1.54, 1.807) is 43.3 Å². The SMILES string of the molecule is CC(NC(c1ccc(Cl)cc1)c1cccc([N+](=O)[O-])c1)c1ccc(F)c(F)c1F. The Bertz CT molecular complexity index is 1040. The van der Waals surface area contributed by atoms with Gasteiger partial charge in [0.1, 0.15) is 0 Å². The van der Waals surface area contributed by atoms with E-state index in [-0.39, 0.29) is 11.3 Å². The van der Waals surface area contributed by atoms with Crippen LogP contribution in [0.1, 0.15) is 35.7 Å². The molecule has 0 fully saturated rings. The summed E-state index contributed by atoms with van der Waals surface area (Å²) in [5.41, 5.74) is 1.10. The molecule has 8 heteroatoms. The van der Waals surface area contributed by atoms with E-state index < -0.39 is 34.5 Å². The summed E-state index contributed by atoms with van der Waals surface area (Å²) in [7, 11) is 0. The van der Waals surface area contributed by atoms with Gasteiger partial charge >= 0.3 is 0 Å². The fourth-order valence-electron chi connectivity index (χ4n) is 3.07. The van der Waals surface area contributed by atoms with E-state index in [1.807, 2.05) is 0 Å². The number of nitro benzene ring substituents is 1. The maximum atomic E-state index is 14.2. The standard InChI is InChI=1S/C21H16ClF3N2O2/c1-12(17-9-10-18(23)20(25)19(17)24)26-21(13-5-7-15(22)8-6-13)14-3-2-4-16(11-14)27(28)29/h2-12,21,26H,1H3. The molecule has 29 heavy (non-hydrogen) atoms. The molecule has 0 amide bonds. The van der Waals surface area contributed by atoms with Gasteiger partial charge in [0.2, 0.25) is 0 Å². The highest BCUT2D eigenvalue weighted by Gasteiger charge is 2.23. The lowest BCUT2D eigenvalue weighted by Crippen LogP contribution is -2.26. The van der Waals surface area contributed by atoms with Crippen LogP contribution >= 0.6 is 11.6 Å². The molecule has 4 nitrogen and oxygen atoms in total. The van der Waals surface area contributed by atoms with Gasteiger partial charge in [-0.25, -0.2) is 13.2 Å². The van der Waals surface area contributed by atoms with E-state index in [2.05, 4.69) is 5.32 Å². The topological polar surface area (TPSA) is 55.2 Å². The molecule has 3 aromatic carbocycles. The van der Waals surface area contributed by atoms with Gasteiger partial charge in [0.25, 0.3) is 5.69 Å². The molecular formula is C21H16ClF3N2O2. The summed E-state index contributed by atoms with van der Waals surface area (Å²) in [5, 5.41) is 14.8. The van der Waals surface area contributed by atoms with Gasteiger partial charge in [-0.15, -0.1) is 0 Å². The molecule has 0 spiro atoms. The van der Waals surface area contributed by atoms with Crippen molar-refractivity contribution in [3.8, 4) is 0 Å². The van der Waals surface area contributed by atoms with Crippen LogP contribution in [0.25, 0.3) is 0 Å². The first-order valence-electron chi connectivity index (χ1n) is 8.67. The van der Waals surface area contributed by atoms with Gasteiger partial charge in [-0.05, 0) is 36.2 Å². The Kier molecular flexibility index (Phi) is 6.20. The zero-order chi connectivity index (χ0) is 21.1. The van der Waals surface area contributed by atoms with Crippen molar-refractivity contribution < 1.29 is 18.1 Å². The van der Waals surface area contributed by atoms with E-state index in [0.29, 0.717) is 16.1 Å². The van der Waals surface area contributed by atoms with Crippen LogP contribution in [-0.2, 0) is 0 Å². The Balaban J connectivity index is 2.02. The number of nitro groups is 1. The highest BCUT2D eigenvalue weighted by molar-refractivity contribution is 6.30. The molecule has 0 bridgehead atoms. The van der Waals surface area contributed by atoms with Gasteiger partial charge < -0.3 is 0 Å². The molecule has 2 unspecified atom stereocenters. The summed E-state index contributed by atoms with van der Waals surface area (Å²) in [6, 6.07) is 13.5. The van der Waals surface area contributed by atoms with Crippen LogP contribution in [0.15, 0.2) is 60.7 Å². The van der Waals surface area contributed by atoms with Crippen molar-refractivity contribution in [1.82, 2.24) is 5.32 Å². The van der Waals surface area contributed by atoms with Crippen LogP contribution in [-0.4, -0.2) is 4.92 Å². The van der Waals surface area contributed by atoms with Gasteiger partial charge in [-0.3, -0.25) is 15.4 Å². The zero-order valence-electron chi connectivity index (χ0n) is 15.2. The number of benzene rings is 3. The minimum absolute atomic E-state index is 0.0618. The molecule has 3 aromatic rings. The lowest BCUT2D eigenvalue weighted by atomic mass is 9.96. The van der Waals surface area contributed by atoms with Crippen LogP contribution in [0, 0.1) is 27.6 Å². The summed E-state index contributed by atoms with van der Waals surface area (Å²) < 4.78 is 41.1. The summed E-state index contributed by atoms with van der Waals surface area (Å²) in [6.07, 6.45) is 0. The van der Waals surface area contributed by atoms with Gasteiger partial charge in [-0.2, -0.15) is 0 Å². The number of hydrogen-bond donors (Lipinski definition) is 1.